The number of nitrogens with zero attached hydrogens (tertiary/aromatic N) is 3. The monoisotopic (exact) mass is 605 g/mol. The van der Waals surface area contributed by atoms with E-state index in [4.69, 9.17) is 4.98 Å². The molecule has 0 bridgehead atoms. The van der Waals surface area contributed by atoms with E-state index in [1.807, 2.05) is 48.7 Å². The summed E-state index contributed by atoms with van der Waals surface area (Å²) in [6.07, 6.45) is 1.84. The number of hydrogen-bond donors (Lipinski definition) is 1. The second kappa shape index (κ2) is 7.40. The molecule has 1 N–H and O–H groups in total. The number of pyridine rings is 2. The normalized spacial score (nSPS) is 11.5. The molecule has 4 aromatic heterocycles. The average molecular weight is 606 g/mol. The van der Waals surface area contributed by atoms with Crippen molar-refractivity contribution in [3.63, 3.8) is 0 Å². The van der Waals surface area contributed by atoms with E-state index in [0.717, 1.165) is 38.9 Å². The standard InChI is InChI=1S/C28H16N3O.Pt/c32-26-12-2-1-6-22(26)24-11-4-10-23(30-24)17-13-14-18-19-7-3-8-20-21-9-5-15-29-28(21)31(27(19)20)25(18)16-17;/h1-15,32H;/q-1;. The molecule has 0 aliphatic heterocycles. The van der Waals surface area contributed by atoms with Crippen molar-refractivity contribution in [2.45, 2.75) is 0 Å². The SMILES string of the molecule is Oc1ccccc1-c1cccc(-c2[c-]c3c(cc2)c2cccc4c5cccnc5n3c24)n1.[Pt]. The maximum absolute atomic E-state index is 10.3. The number of rotatable bonds is 2. The molecular weight excluding hydrogens is 589 g/mol. The average Bonchev–Trinajstić information content (AvgIpc) is 3.36. The summed E-state index contributed by atoms with van der Waals surface area (Å²) in [6, 6.07) is 31.5. The van der Waals surface area contributed by atoms with Gasteiger partial charge in [0.05, 0.1) is 11.2 Å². The van der Waals surface area contributed by atoms with Gasteiger partial charge in [0.2, 0.25) is 0 Å². The molecular formula is C28H16N3OPt-. The number of para-hydroxylation sites is 2. The summed E-state index contributed by atoms with van der Waals surface area (Å²) < 4.78 is 2.21. The first-order chi connectivity index (χ1) is 15.8. The van der Waals surface area contributed by atoms with Gasteiger partial charge in [-0.3, -0.25) is 4.98 Å². The van der Waals surface area contributed by atoms with Crippen molar-refractivity contribution in [2.75, 3.05) is 0 Å². The molecule has 0 spiro atoms. The van der Waals surface area contributed by atoms with Crippen LogP contribution in [0.25, 0.3) is 60.7 Å². The van der Waals surface area contributed by atoms with E-state index in [0.29, 0.717) is 5.56 Å². The van der Waals surface area contributed by atoms with Gasteiger partial charge in [-0.05, 0) is 46.9 Å². The van der Waals surface area contributed by atoms with Crippen LogP contribution < -0.4 is 0 Å². The second-order valence-corrected chi connectivity index (χ2v) is 7.97. The summed E-state index contributed by atoms with van der Waals surface area (Å²) in [4.78, 5) is 9.52. The number of phenols is 1. The molecule has 0 aliphatic carbocycles. The molecule has 4 nitrogen and oxygen atoms in total. The van der Waals surface area contributed by atoms with Gasteiger partial charge in [-0.15, -0.1) is 23.8 Å². The topological polar surface area (TPSA) is 50.4 Å². The molecule has 4 heterocycles. The van der Waals surface area contributed by atoms with Crippen molar-refractivity contribution in [2.24, 2.45) is 0 Å². The fourth-order valence-electron chi connectivity index (χ4n) is 4.78. The van der Waals surface area contributed by atoms with E-state index in [-0.39, 0.29) is 26.8 Å². The first-order valence-electron chi connectivity index (χ1n) is 10.5. The van der Waals surface area contributed by atoms with Crippen molar-refractivity contribution in [3.05, 3.63) is 97.2 Å². The third kappa shape index (κ3) is 2.81. The van der Waals surface area contributed by atoms with Gasteiger partial charge in [-0.1, -0.05) is 47.9 Å². The molecule has 3 aromatic carbocycles. The second-order valence-electron chi connectivity index (χ2n) is 7.97. The van der Waals surface area contributed by atoms with Crippen LogP contribution >= 0.6 is 0 Å². The van der Waals surface area contributed by atoms with Crippen molar-refractivity contribution in [1.82, 2.24) is 14.4 Å². The number of phenolic OH excluding ortho intramolecular Hbond substituents is 1. The minimum absolute atomic E-state index is 0. The molecule has 0 aliphatic rings. The third-order valence-electron chi connectivity index (χ3n) is 6.19. The molecule has 5 heteroatoms. The number of aromatic hydroxyl groups is 1. The molecule has 0 unspecified atom stereocenters. The van der Waals surface area contributed by atoms with Crippen LogP contribution in [0.3, 0.4) is 0 Å². The molecule has 0 amide bonds. The molecule has 33 heavy (non-hydrogen) atoms. The Labute approximate surface area is 203 Å². The zero-order valence-corrected chi connectivity index (χ0v) is 19.5. The quantitative estimate of drug-likeness (QED) is 0.230. The van der Waals surface area contributed by atoms with Crippen LogP contribution in [0, 0.1) is 6.07 Å². The van der Waals surface area contributed by atoms with Crippen LogP contribution in [0.4, 0.5) is 0 Å². The summed E-state index contributed by atoms with van der Waals surface area (Å²) in [5.41, 5.74) is 6.28. The minimum atomic E-state index is 0. The van der Waals surface area contributed by atoms with E-state index in [1.165, 1.54) is 16.3 Å². The Morgan fingerprint density at radius 2 is 1.45 bits per heavy atom. The van der Waals surface area contributed by atoms with Crippen molar-refractivity contribution >= 4 is 38.2 Å². The zero-order valence-electron chi connectivity index (χ0n) is 17.3. The van der Waals surface area contributed by atoms with Crippen LogP contribution in [0.2, 0.25) is 0 Å². The Hall–Kier alpha value is -3.75. The largest absolute Gasteiger partial charge is 0.507 e. The zero-order chi connectivity index (χ0) is 21.2. The van der Waals surface area contributed by atoms with Gasteiger partial charge in [0.15, 0.2) is 0 Å². The van der Waals surface area contributed by atoms with Crippen LogP contribution in [0.5, 0.6) is 5.75 Å². The summed E-state index contributed by atoms with van der Waals surface area (Å²) in [6.45, 7) is 0. The predicted octanol–water partition coefficient (Wildman–Crippen LogP) is 6.46. The summed E-state index contributed by atoms with van der Waals surface area (Å²) in [7, 11) is 0. The van der Waals surface area contributed by atoms with E-state index < -0.39 is 0 Å². The van der Waals surface area contributed by atoms with Gasteiger partial charge in [-0.25, -0.2) is 4.98 Å². The van der Waals surface area contributed by atoms with Gasteiger partial charge < -0.3 is 9.51 Å². The molecule has 7 aromatic rings. The predicted molar refractivity (Wildman–Crippen MR) is 128 cm³/mol. The van der Waals surface area contributed by atoms with Crippen molar-refractivity contribution in [3.8, 4) is 28.3 Å². The molecule has 0 radical (unpaired) electrons. The Morgan fingerprint density at radius 3 is 2.33 bits per heavy atom. The Kier molecular flexibility index (Phi) is 4.46. The fourth-order valence-corrected chi connectivity index (χ4v) is 4.78. The molecule has 0 atom stereocenters. The van der Waals surface area contributed by atoms with Crippen LogP contribution in [0.15, 0.2) is 91.1 Å². The number of hydrogen-bond acceptors (Lipinski definition) is 3. The van der Waals surface area contributed by atoms with Gasteiger partial charge in [0, 0.05) is 43.6 Å². The van der Waals surface area contributed by atoms with E-state index in [1.54, 1.807) is 6.07 Å². The molecule has 0 saturated carbocycles. The maximum atomic E-state index is 10.3. The number of fused-ring (bicyclic) bond motifs is 6. The molecule has 0 fully saturated rings. The van der Waals surface area contributed by atoms with Crippen LogP contribution in [0.1, 0.15) is 0 Å². The first-order valence-corrected chi connectivity index (χ1v) is 10.5. The summed E-state index contributed by atoms with van der Waals surface area (Å²) >= 11 is 0. The summed E-state index contributed by atoms with van der Waals surface area (Å²) in [5, 5.41) is 15.0. The van der Waals surface area contributed by atoms with Crippen LogP contribution in [-0.4, -0.2) is 19.5 Å². The van der Waals surface area contributed by atoms with E-state index in [9.17, 15) is 5.11 Å². The van der Waals surface area contributed by atoms with E-state index in [2.05, 4.69) is 51.8 Å². The first kappa shape index (κ1) is 19.9. The minimum Gasteiger partial charge on any atom is -0.507 e. The number of aromatic nitrogens is 3. The van der Waals surface area contributed by atoms with Gasteiger partial charge >= 0.3 is 0 Å². The van der Waals surface area contributed by atoms with Crippen molar-refractivity contribution in [1.29, 1.82) is 0 Å². The molecule has 7 rings (SSSR count). The van der Waals surface area contributed by atoms with Gasteiger partial charge in [0.25, 0.3) is 0 Å². The van der Waals surface area contributed by atoms with Crippen molar-refractivity contribution < 1.29 is 26.2 Å². The molecule has 160 valence electrons. The molecule has 0 saturated heterocycles. The van der Waals surface area contributed by atoms with E-state index >= 15 is 0 Å². The van der Waals surface area contributed by atoms with Crippen LogP contribution in [-0.2, 0) is 21.1 Å². The summed E-state index contributed by atoms with van der Waals surface area (Å²) in [5.74, 6) is 0.220. The number of benzene rings is 3. The maximum Gasteiger partial charge on any atom is 0.144 e. The Balaban J connectivity index is 0.00000206. The third-order valence-corrected chi connectivity index (χ3v) is 6.19. The van der Waals surface area contributed by atoms with Gasteiger partial charge in [-0.2, -0.15) is 0 Å². The Morgan fingerprint density at radius 1 is 0.697 bits per heavy atom. The fraction of sp³-hybridized carbons (Fsp3) is 0. The van der Waals surface area contributed by atoms with Gasteiger partial charge in [0.1, 0.15) is 11.4 Å². The smallest absolute Gasteiger partial charge is 0.144 e. The Bertz CT molecular complexity index is 1800.